The van der Waals surface area contributed by atoms with E-state index in [1.165, 1.54) is 83.5 Å². The van der Waals surface area contributed by atoms with Crippen molar-refractivity contribution in [2.45, 2.75) is 123 Å². The monoisotopic (exact) mass is 381 g/mol. The molecule has 3 heteroatoms. The van der Waals surface area contributed by atoms with Crippen LogP contribution >= 0.6 is 0 Å². The van der Waals surface area contributed by atoms with Crippen molar-refractivity contribution in [2.75, 3.05) is 6.54 Å². The maximum atomic E-state index is 11.2. The molecule has 3 nitrogen and oxygen atoms in total. The largest absolute Gasteiger partial charge is 0.480 e. The van der Waals surface area contributed by atoms with Gasteiger partial charge < -0.3 is 10.4 Å². The first-order chi connectivity index (χ1) is 13.1. The molecular formula is C24H47NO2. The van der Waals surface area contributed by atoms with Crippen LogP contribution in [0.2, 0.25) is 0 Å². The van der Waals surface area contributed by atoms with Gasteiger partial charge in [-0.3, -0.25) is 4.79 Å². The second kappa shape index (κ2) is 19.9. The number of carbonyl (C=O) groups is 1. The van der Waals surface area contributed by atoms with E-state index in [4.69, 9.17) is 0 Å². The van der Waals surface area contributed by atoms with Crippen LogP contribution in [0.4, 0.5) is 0 Å². The molecule has 0 aliphatic rings. The molecule has 0 rings (SSSR count). The number of allylic oxidation sites excluding steroid dienone is 2. The molecule has 0 amide bonds. The van der Waals surface area contributed by atoms with Crippen molar-refractivity contribution in [2.24, 2.45) is 5.92 Å². The number of aliphatic carboxylic acids is 1. The maximum absolute atomic E-state index is 11.2. The summed E-state index contributed by atoms with van der Waals surface area (Å²) in [6.45, 7) is 7.15. The van der Waals surface area contributed by atoms with Crippen LogP contribution in [0.1, 0.15) is 117 Å². The topological polar surface area (TPSA) is 49.3 Å². The number of carboxylic acids is 1. The predicted molar refractivity (Wildman–Crippen MR) is 118 cm³/mol. The summed E-state index contributed by atoms with van der Waals surface area (Å²) in [5.74, 6) is -0.523. The average Bonchev–Trinajstić information content (AvgIpc) is 2.66. The quantitative estimate of drug-likeness (QED) is 0.174. The number of hydrogen-bond donors (Lipinski definition) is 2. The Kier molecular flexibility index (Phi) is 19.3. The minimum Gasteiger partial charge on any atom is -0.480 e. The van der Waals surface area contributed by atoms with Gasteiger partial charge in [-0.1, -0.05) is 97.1 Å². The van der Waals surface area contributed by atoms with E-state index in [-0.39, 0.29) is 5.92 Å². The zero-order valence-electron chi connectivity index (χ0n) is 18.5. The van der Waals surface area contributed by atoms with Crippen LogP contribution in [-0.2, 0) is 4.79 Å². The van der Waals surface area contributed by atoms with Gasteiger partial charge in [0.25, 0.3) is 0 Å². The van der Waals surface area contributed by atoms with Crippen LogP contribution in [-0.4, -0.2) is 23.7 Å². The fourth-order valence-corrected chi connectivity index (χ4v) is 3.40. The molecular weight excluding hydrogens is 334 g/mol. The van der Waals surface area contributed by atoms with Gasteiger partial charge in [-0.15, -0.1) is 0 Å². The highest BCUT2D eigenvalue weighted by Crippen LogP contribution is 2.11. The summed E-state index contributed by atoms with van der Waals surface area (Å²) in [6, 6.07) is -0.391. The SMILES string of the molecule is CCCCCCCC/C=C\CCCCCCCCN[C@H](C(=O)O)[C@@H](C)CC. The first-order valence-corrected chi connectivity index (χ1v) is 11.7. The Morgan fingerprint density at radius 2 is 1.30 bits per heavy atom. The smallest absolute Gasteiger partial charge is 0.320 e. The number of rotatable bonds is 20. The van der Waals surface area contributed by atoms with Gasteiger partial charge >= 0.3 is 5.97 Å². The van der Waals surface area contributed by atoms with Gasteiger partial charge in [0, 0.05) is 0 Å². The third-order valence-corrected chi connectivity index (χ3v) is 5.53. The molecule has 0 saturated carbocycles. The fraction of sp³-hybridized carbons (Fsp3) is 0.875. The lowest BCUT2D eigenvalue weighted by molar-refractivity contribution is -0.140. The van der Waals surface area contributed by atoms with Gasteiger partial charge in [0.15, 0.2) is 0 Å². The minimum atomic E-state index is -0.714. The van der Waals surface area contributed by atoms with Crippen LogP contribution in [0, 0.1) is 5.92 Å². The fourth-order valence-electron chi connectivity index (χ4n) is 3.40. The van der Waals surface area contributed by atoms with Crippen molar-refractivity contribution in [1.29, 1.82) is 0 Å². The van der Waals surface area contributed by atoms with Crippen molar-refractivity contribution >= 4 is 5.97 Å². The Morgan fingerprint density at radius 1 is 0.815 bits per heavy atom. The van der Waals surface area contributed by atoms with E-state index in [0.29, 0.717) is 0 Å². The van der Waals surface area contributed by atoms with Gasteiger partial charge in [-0.25, -0.2) is 0 Å². The van der Waals surface area contributed by atoms with E-state index < -0.39 is 12.0 Å². The molecule has 27 heavy (non-hydrogen) atoms. The molecule has 0 aliphatic heterocycles. The van der Waals surface area contributed by atoms with E-state index in [0.717, 1.165) is 19.4 Å². The van der Waals surface area contributed by atoms with Crippen molar-refractivity contribution in [3.05, 3.63) is 12.2 Å². The molecule has 0 aromatic carbocycles. The van der Waals surface area contributed by atoms with E-state index in [9.17, 15) is 9.90 Å². The van der Waals surface area contributed by atoms with E-state index in [1.807, 2.05) is 13.8 Å². The highest BCUT2D eigenvalue weighted by atomic mass is 16.4. The highest BCUT2D eigenvalue weighted by molar-refractivity contribution is 5.73. The third kappa shape index (κ3) is 17.0. The number of unbranched alkanes of at least 4 members (excludes halogenated alkanes) is 12. The van der Waals surface area contributed by atoms with E-state index >= 15 is 0 Å². The molecule has 0 unspecified atom stereocenters. The summed E-state index contributed by atoms with van der Waals surface area (Å²) >= 11 is 0. The normalized spacial score (nSPS) is 13.9. The summed E-state index contributed by atoms with van der Waals surface area (Å²) in [4.78, 5) is 11.2. The first-order valence-electron chi connectivity index (χ1n) is 11.7. The Bertz CT molecular complexity index is 354. The van der Waals surface area contributed by atoms with Crippen LogP contribution in [0.5, 0.6) is 0 Å². The minimum absolute atomic E-state index is 0.191. The third-order valence-electron chi connectivity index (χ3n) is 5.53. The van der Waals surface area contributed by atoms with Gasteiger partial charge in [0.1, 0.15) is 6.04 Å². The van der Waals surface area contributed by atoms with Crippen LogP contribution in [0.15, 0.2) is 12.2 Å². The number of carboxylic acid groups (broad SMARTS) is 1. The lowest BCUT2D eigenvalue weighted by atomic mass is 9.99. The van der Waals surface area contributed by atoms with E-state index in [1.54, 1.807) is 0 Å². The van der Waals surface area contributed by atoms with Gasteiger partial charge in [0.05, 0.1) is 0 Å². The molecule has 0 bridgehead atoms. The second-order valence-corrected chi connectivity index (χ2v) is 8.09. The van der Waals surface area contributed by atoms with Gasteiger partial charge in [0.2, 0.25) is 0 Å². The van der Waals surface area contributed by atoms with Crippen molar-refractivity contribution < 1.29 is 9.90 Å². The van der Waals surface area contributed by atoms with Gasteiger partial charge in [-0.05, 0) is 44.6 Å². The summed E-state index contributed by atoms with van der Waals surface area (Å²) < 4.78 is 0. The lowest BCUT2D eigenvalue weighted by Gasteiger charge is -2.20. The van der Waals surface area contributed by atoms with Crippen LogP contribution < -0.4 is 5.32 Å². The van der Waals surface area contributed by atoms with Crippen LogP contribution in [0.25, 0.3) is 0 Å². The molecule has 0 heterocycles. The molecule has 0 saturated heterocycles. The van der Waals surface area contributed by atoms with Crippen molar-refractivity contribution in [3.8, 4) is 0 Å². The van der Waals surface area contributed by atoms with Gasteiger partial charge in [-0.2, -0.15) is 0 Å². The first kappa shape index (κ1) is 26.2. The summed E-state index contributed by atoms with van der Waals surface area (Å²) in [5.41, 5.74) is 0. The van der Waals surface area contributed by atoms with Crippen LogP contribution in [0.3, 0.4) is 0 Å². The Labute approximate surface area is 169 Å². The average molecular weight is 382 g/mol. The molecule has 2 N–H and O–H groups in total. The maximum Gasteiger partial charge on any atom is 0.320 e. The Hall–Kier alpha value is -0.830. The zero-order valence-corrected chi connectivity index (χ0v) is 18.5. The van der Waals surface area contributed by atoms with Crippen molar-refractivity contribution in [1.82, 2.24) is 5.32 Å². The predicted octanol–water partition coefficient (Wildman–Crippen LogP) is 7.11. The molecule has 0 radical (unpaired) electrons. The molecule has 0 aliphatic carbocycles. The molecule has 0 spiro atoms. The Morgan fingerprint density at radius 3 is 1.78 bits per heavy atom. The molecule has 0 fully saturated rings. The second-order valence-electron chi connectivity index (χ2n) is 8.09. The Balaban J connectivity index is 3.35. The lowest BCUT2D eigenvalue weighted by Crippen LogP contribution is -2.42. The summed E-state index contributed by atoms with van der Waals surface area (Å²) in [6.07, 6.45) is 23.9. The zero-order chi connectivity index (χ0) is 20.2. The van der Waals surface area contributed by atoms with E-state index in [2.05, 4.69) is 24.4 Å². The molecule has 2 atom stereocenters. The molecule has 0 aromatic rings. The van der Waals surface area contributed by atoms with Crippen molar-refractivity contribution in [3.63, 3.8) is 0 Å². The standard InChI is InChI=1S/C24H47NO2/c1-4-6-7-8-9-10-11-12-13-14-15-16-17-18-19-20-21-25-23(24(26)27)22(3)5-2/h12-13,22-23,25H,4-11,14-21H2,1-3H3,(H,26,27)/b13-12-/t22-,23-/m0/s1. The molecule has 160 valence electrons. The highest BCUT2D eigenvalue weighted by Gasteiger charge is 2.21. The molecule has 0 aromatic heterocycles. The summed E-state index contributed by atoms with van der Waals surface area (Å²) in [7, 11) is 0. The summed E-state index contributed by atoms with van der Waals surface area (Å²) in [5, 5.41) is 12.5. The number of hydrogen-bond acceptors (Lipinski definition) is 2. The number of nitrogens with one attached hydrogen (secondary N) is 1.